The third-order valence-electron chi connectivity index (χ3n) is 4.79. The molecule has 1 saturated heterocycles. The van der Waals surface area contributed by atoms with Gasteiger partial charge in [0.05, 0.1) is 6.61 Å². The Morgan fingerprint density at radius 2 is 1.92 bits per heavy atom. The minimum Gasteiger partial charge on any atom is -0.464 e. The average molecular weight is 345 g/mol. The minimum absolute atomic E-state index is 0.0669. The summed E-state index contributed by atoms with van der Waals surface area (Å²) < 4.78 is 5.44. The molecular formula is C21H31NO3. The molecule has 0 N–H and O–H groups in total. The molecule has 0 saturated carbocycles. The average Bonchev–Trinajstić information content (AvgIpc) is 3.10. The maximum absolute atomic E-state index is 12.7. The van der Waals surface area contributed by atoms with Crippen LogP contribution in [0.3, 0.4) is 0 Å². The molecule has 4 nitrogen and oxygen atoms in total. The van der Waals surface area contributed by atoms with Crippen molar-refractivity contribution >= 4 is 11.9 Å². The van der Waals surface area contributed by atoms with Crippen LogP contribution in [0, 0.1) is 6.92 Å². The van der Waals surface area contributed by atoms with E-state index >= 15 is 0 Å². The van der Waals surface area contributed by atoms with Crippen molar-refractivity contribution in [3.05, 3.63) is 35.4 Å². The van der Waals surface area contributed by atoms with E-state index in [1.54, 1.807) is 4.90 Å². The smallest absolute Gasteiger partial charge is 0.328 e. The maximum Gasteiger partial charge on any atom is 0.328 e. The lowest BCUT2D eigenvalue weighted by atomic mass is 10.1. The summed E-state index contributed by atoms with van der Waals surface area (Å²) in [5.41, 5.74) is 1.70. The first kappa shape index (κ1) is 19.5. The van der Waals surface area contributed by atoms with Crippen molar-refractivity contribution < 1.29 is 14.3 Å². The van der Waals surface area contributed by atoms with E-state index in [0.717, 1.165) is 24.8 Å². The lowest BCUT2D eigenvalue weighted by Gasteiger charge is -2.23. The van der Waals surface area contributed by atoms with Crippen molar-refractivity contribution in [2.45, 2.75) is 71.3 Å². The van der Waals surface area contributed by atoms with Gasteiger partial charge in [0.15, 0.2) is 0 Å². The van der Waals surface area contributed by atoms with Crippen LogP contribution in [0.1, 0.15) is 74.2 Å². The maximum atomic E-state index is 12.7. The largest absolute Gasteiger partial charge is 0.464 e. The van der Waals surface area contributed by atoms with E-state index in [1.807, 2.05) is 31.2 Å². The molecule has 1 fully saturated rings. The van der Waals surface area contributed by atoms with Crippen molar-refractivity contribution in [2.75, 3.05) is 13.2 Å². The van der Waals surface area contributed by atoms with Crippen LogP contribution in [0.25, 0.3) is 0 Å². The lowest BCUT2D eigenvalue weighted by molar-refractivity contribution is -0.148. The standard InChI is InChI=1S/C21H31NO3/c1-3-4-5-6-7-8-15-25-21(24)19-13-10-14-22(19)20(23)18-12-9-11-17(2)16-18/h9,11-12,16,19H,3-8,10,13-15H2,1-2H3. The number of benzene rings is 1. The zero-order valence-electron chi connectivity index (χ0n) is 15.6. The van der Waals surface area contributed by atoms with Crippen molar-refractivity contribution in [1.29, 1.82) is 0 Å². The number of hydrogen-bond acceptors (Lipinski definition) is 3. The Hall–Kier alpha value is -1.84. The predicted octanol–water partition coefficient (Wildman–Crippen LogP) is 4.50. The van der Waals surface area contributed by atoms with Gasteiger partial charge in [-0.15, -0.1) is 0 Å². The number of unbranched alkanes of at least 4 members (excludes halogenated alkanes) is 5. The molecule has 1 aliphatic rings. The highest BCUT2D eigenvalue weighted by atomic mass is 16.5. The zero-order valence-corrected chi connectivity index (χ0v) is 15.6. The second-order valence-corrected chi connectivity index (χ2v) is 6.96. The molecule has 0 aliphatic carbocycles. The lowest BCUT2D eigenvalue weighted by Crippen LogP contribution is -2.41. The van der Waals surface area contributed by atoms with Gasteiger partial charge in [-0.2, -0.15) is 0 Å². The van der Waals surface area contributed by atoms with Gasteiger partial charge < -0.3 is 9.64 Å². The van der Waals surface area contributed by atoms with Gasteiger partial charge in [0.2, 0.25) is 0 Å². The van der Waals surface area contributed by atoms with E-state index in [0.29, 0.717) is 25.1 Å². The normalized spacial score (nSPS) is 16.9. The third-order valence-corrected chi connectivity index (χ3v) is 4.79. The van der Waals surface area contributed by atoms with Crippen molar-refractivity contribution in [1.82, 2.24) is 4.90 Å². The van der Waals surface area contributed by atoms with Gasteiger partial charge >= 0.3 is 5.97 Å². The molecule has 1 unspecified atom stereocenters. The van der Waals surface area contributed by atoms with E-state index < -0.39 is 6.04 Å². The van der Waals surface area contributed by atoms with E-state index in [4.69, 9.17) is 4.74 Å². The molecule has 2 rings (SSSR count). The topological polar surface area (TPSA) is 46.6 Å². The summed E-state index contributed by atoms with van der Waals surface area (Å²) in [5.74, 6) is -0.310. The molecule has 0 aromatic heterocycles. The summed E-state index contributed by atoms with van der Waals surface area (Å²) in [6, 6.07) is 7.11. The van der Waals surface area contributed by atoms with Crippen molar-refractivity contribution in [3.63, 3.8) is 0 Å². The second kappa shape index (κ2) is 10.2. The number of esters is 1. The molecule has 0 radical (unpaired) electrons. The van der Waals surface area contributed by atoms with Crippen molar-refractivity contribution in [2.24, 2.45) is 0 Å². The molecule has 1 heterocycles. The van der Waals surface area contributed by atoms with Crippen LogP contribution in [0.4, 0.5) is 0 Å². The van der Waals surface area contributed by atoms with Crippen LogP contribution < -0.4 is 0 Å². The molecule has 1 amide bonds. The summed E-state index contributed by atoms with van der Waals surface area (Å²) in [5, 5.41) is 0. The first-order chi connectivity index (χ1) is 12.1. The third kappa shape index (κ3) is 5.87. The highest BCUT2D eigenvalue weighted by Gasteiger charge is 2.35. The van der Waals surface area contributed by atoms with Gasteiger partial charge in [0, 0.05) is 12.1 Å². The Morgan fingerprint density at radius 1 is 1.16 bits per heavy atom. The monoisotopic (exact) mass is 345 g/mol. The molecule has 1 aromatic carbocycles. The van der Waals surface area contributed by atoms with Gasteiger partial charge in [-0.3, -0.25) is 4.79 Å². The van der Waals surface area contributed by atoms with Gasteiger partial charge in [-0.25, -0.2) is 4.79 Å². The number of ether oxygens (including phenoxy) is 1. The number of rotatable bonds is 9. The van der Waals surface area contributed by atoms with E-state index in [-0.39, 0.29) is 11.9 Å². The molecule has 25 heavy (non-hydrogen) atoms. The summed E-state index contributed by atoms with van der Waals surface area (Å²) in [6.07, 6.45) is 8.54. The summed E-state index contributed by atoms with van der Waals surface area (Å²) >= 11 is 0. The van der Waals surface area contributed by atoms with Crippen LogP contribution >= 0.6 is 0 Å². The van der Waals surface area contributed by atoms with Gasteiger partial charge in [-0.05, 0) is 38.3 Å². The molecule has 1 atom stereocenters. The fourth-order valence-corrected chi connectivity index (χ4v) is 3.35. The van der Waals surface area contributed by atoms with Crippen LogP contribution in [-0.4, -0.2) is 36.0 Å². The minimum atomic E-state index is -0.423. The van der Waals surface area contributed by atoms with Crippen LogP contribution in [-0.2, 0) is 9.53 Å². The quantitative estimate of drug-likeness (QED) is 0.489. The molecule has 4 heteroatoms. The van der Waals surface area contributed by atoms with Crippen LogP contribution in [0.15, 0.2) is 24.3 Å². The number of hydrogen-bond donors (Lipinski definition) is 0. The highest BCUT2D eigenvalue weighted by molar-refractivity contribution is 5.97. The summed E-state index contributed by atoms with van der Waals surface area (Å²) in [7, 11) is 0. The molecule has 0 spiro atoms. The molecule has 138 valence electrons. The second-order valence-electron chi connectivity index (χ2n) is 6.96. The van der Waals surface area contributed by atoms with Gasteiger partial charge in [0.1, 0.15) is 6.04 Å². The van der Waals surface area contributed by atoms with E-state index in [2.05, 4.69) is 6.92 Å². The Bertz CT molecular complexity index is 570. The first-order valence-electron chi connectivity index (χ1n) is 9.67. The number of nitrogens with zero attached hydrogens (tertiary/aromatic N) is 1. The molecule has 1 aromatic rings. The Balaban J connectivity index is 1.80. The van der Waals surface area contributed by atoms with E-state index in [1.165, 1.54) is 25.7 Å². The molecule has 1 aliphatic heterocycles. The molecule has 0 bridgehead atoms. The Labute approximate surface area is 151 Å². The Morgan fingerprint density at radius 3 is 2.68 bits per heavy atom. The fraction of sp³-hybridized carbons (Fsp3) is 0.619. The summed E-state index contributed by atoms with van der Waals surface area (Å²) in [6.45, 7) is 5.26. The van der Waals surface area contributed by atoms with Gasteiger partial charge in [0.25, 0.3) is 5.91 Å². The number of carbonyl (C=O) groups excluding carboxylic acids is 2. The first-order valence-corrected chi connectivity index (χ1v) is 9.67. The highest BCUT2D eigenvalue weighted by Crippen LogP contribution is 2.22. The number of aryl methyl sites for hydroxylation is 1. The zero-order chi connectivity index (χ0) is 18.1. The fourth-order valence-electron chi connectivity index (χ4n) is 3.35. The van der Waals surface area contributed by atoms with Gasteiger partial charge in [-0.1, -0.05) is 56.7 Å². The Kier molecular flexibility index (Phi) is 7.96. The van der Waals surface area contributed by atoms with Crippen molar-refractivity contribution in [3.8, 4) is 0 Å². The molecular weight excluding hydrogens is 314 g/mol. The predicted molar refractivity (Wildman–Crippen MR) is 99.6 cm³/mol. The van der Waals surface area contributed by atoms with E-state index in [9.17, 15) is 9.59 Å². The SMILES string of the molecule is CCCCCCCCOC(=O)C1CCCN1C(=O)c1cccc(C)c1. The van der Waals surface area contributed by atoms with Crippen LogP contribution in [0.5, 0.6) is 0 Å². The number of likely N-dealkylation sites (tertiary alicyclic amines) is 1. The van der Waals surface area contributed by atoms with Crippen LogP contribution in [0.2, 0.25) is 0 Å². The summed E-state index contributed by atoms with van der Waals surface area (Å²) in [4.78, 5) is 26.8. The number of amides is 1. The number of carbonyl (C=O) groups is 2.